The second-order valence-electron chi connectivity index (χ2n) is 4.11. The maximum Gasteiger partial charge on any atom is 0.277 e. The molecule has 0 fully saturated rings. The Morgan fingerprint density at radius 2 is 2.24 bits per heavy atom. The van der Waals surface area contributed by atoms with Gasteiger partial charge >= 0.3 is 0 Å². The topological polar surface area (TPSA) is 48.2 Å². The molecule has 3 rings (SSSR count). The molecule has 0 saturated heterocycles. The zero-order valence-corrected chi connectivity index (χ0v) is 12.7. The summed E-state index contributed by atoms with van der Waals surface area (Å²) >= 11 is 2.91. The Morgan fingerprint density at radius 3 is 2.95 bits per heavy atom. The molecule has 4 nitrogen and oxygen atoms in total. The average Bonchev–Trinajstić information content (AvgIpc) is 3.16. The molecule has 3 aromatic rings. The van der Waals surface area contributed by atoms with Gasteiger partial charge in [0.25, 0.3) is 11.1 Å². The molecule has 0 atom stereocenters. The molecular weight excluding hydrogens is 311 g/mol. The number of hydrogen-bond donors (Lipinski definition) is 0. The van der Waals surface area contributed by atoms with Crippen molar-refractivity contribution >= 4 is 23.1 Å². The summed E-state index contributed by atoms with van der Waals surface area (Å²) in [7, 11) is 1.44. The highest BCUT2D eigenvalue weighted by Crippen LogP contribution is 2.29. The predicted molar refractivity (Wildman–Crippen MR) is 80.1 cm³/mol. The first-order valence-electron chi connectivity index (χ1n) is 6.09. The van der Waals surface area contributed by atoms with Crippen LogP contribution in [0.25, 0.3) is 10.8 Å². The van der Waals surface area contributed by atoms with Crippen LogP contribution < -0.4 is 4.74 Å². The van der Waals surface area contributed by atoms with Crippen LogP contribution in [0.3, 0.4) is 0 Å². The lowest BCUT2D eigenvalue weighted by Gasteiger charge is -2.03. The van der Waals surface area contributed by atoms with Gasteiger partial charge in [-0.25, -0.2) is 4.39 Å². The van der Waals surface area contributed by atoms with Gasteiger partial charge < -0.3 is 9.15 Å². The zero-order valence-electron chi connectivity index (χ0n) is 11.1. The van der Waals surface area contributed by atoms with E-state index in [-0.39, 0.29) is 11.6 Å². The summed E-state index contributed by atoms with van der Waals surface area (Å²) < 4.78 is 24.0. The Morgan fingerprint density at radius 1 is 1.33 bits per heavy atom. The van der Waals surface area contributed by atoms with Crippen LogP contribution in [0, 0.1) is 5.82 Å². The largest absolute Gasteiger partial charge is 0.494 e. The molecule has 2 heterocycles. The van der Waals surface area contributed by atoms with Crippen LogP contribution in [0.1, 0.15) is 5.56 Å². The van der Waals surface area contributed by atoms with Crippen molar-refractivity contribution in [1.29, 1.82) is 0 Å². The van der Waals surface area contributed by atoms with Gasteiger partial charge in [0, 0.05) is 5.75 Å². The average molecular weight is 322 g/mol. The first kappa shape index (κ1) is 14.1. The van der Waals surface area contributed by atoms with E-state index in [0.29, 0.717) is 16.9 Å². The Kier molecular flexibility index (Phi) is 4.21. The predicted octanol–water partition coefficient (Wildman–Crippen LogP) is 4.24. The Bertz CT molecular complexity index is 728. The molecule has 0 radical (unpaired) electrons. The van der Waals surface area contributed by atoms with E-state index in [1.54, 1.807) is 17.4 Å². The van der Waals surface area contributed by atoms with Crippen molar-refractivity contribution in [2.24, 2.45) is 0 Å². The van der Waals surface area contributed by atoms with E-state index < -0.39 is 0 Å². The van der Waals surface area contributed by atoms with Gasteiger partial charge in [-0.2, -0.15) is 0 Å². The third-order valence-corrected chi connectivity index (χ3v) is 4.46. The number of halogens is 1. The number of ether oxygens (including phenoxy) is 1. The normalized spacial score (nSPS) is 10.8. The molecule has 0 bridgehead atoms. The fraction of sp³-hybridized carbons (Fsp3) is 0.143. The number of thiophene rings is 1. The van der Waals surface area contributed by atoms with Gasteiger partial charge in [0.05, 0.1) is 12.0 Å². The molecule has 0 spiro atoms. The van der Waals surface area contributed by atoms with Crippen LogP contribution in [0.5, 0.6) is 5.75 Å². The van der Waals surface area contributed by atoms with Crippen molar-refractivity contribution in [3.8, 4) is 16.5 Å². The monoisotopic (exact) mass is 322 g/mol. The number of rotatable bonds is 5. The van der Waals surface area contributed by atoms with Crippen LogP contribution in [-0.4, -0.2) is 17.3 Å². The minimum absolute atomic E-state index is 0.238. The van der Waals surface area contributed by atoms with E-state index in [0.717, 1.165) is 10.4 Å². The van der Waals surface area contributed by atoms with E-state index in [2.05, 4.69) is 10.2 Å². The Labute approximate surface area is 129 Å². The van der Waals surface area contributed by atoms with Gasteiger partial charge in [0.15, 0.2) is 11.6 Å². The van der Waals surface area contributed by atoms with E-state index >= 15 is 0 Å². The Balaban J connectivity index is 1.66. The second kappa shape index (κ2) is 6.28. The van der Waals surface area contributed by atoms with E-state index in [1.165, 1.54) is 24.9 Å². The molecule has 0 amide bonds. The van der Waals surface area contributed by atoms with E-state index in [9.17, 15) is 4.39 Å². The SMILES string of the molecule is COc1ccc(CSc2nnc(-c3cccs3)o2)cc1F. The third-order valence-electron chi connectivity index (χ3n) is 2.72. The van der Waals surface area contributed by atoms with Crippen molar-refractivity contribution in [3.63, 3.8) is 0 Å². The van der Waals surface area contributed by atoms with Gasteiger partial charge in [-0.1, -0.05) is 23.9 Å². The van der Waals surface area contributed by atoms with Gasteiger partial charge in [-0.15, -0.1) is 21.5 Å². The van der Waals surface area contributed by atoms with E-state index in [1.807, 2.05) is 23.6 Å². The van der Waals surface area contributed by atoms with E-state index in [4.69, 9.17) is 9.15 Å². The van der Waals surface area contributed by atoms with Crippen molar-refractivity contribution in [1.82, 2.24) is 10.2 Å². The maximum atomic E-state index is 13.6. The van der Waals surface area contributed by atoms with Gasteiger partial charge in [-0.05, 0) is 29.1 Å². The standard InChI is InChI=1S/C14H11FN2O2S2/c1-18-11-5-4-9(7-10(11)15)8-21-14-17-16-13(19-14)12-3-2-6-20-12/h2-7H,8H2,1H3. The fourth-order valence-electron chi connectivity index (χ4n) is 1.71. The molecule has 1 aromatic carbocycles. The van der Waals surface area contributed by atoms with Crippen molar-refractivity contribution in [2.75, 3.05) is 7.11 Å². The smallest absolute Gasteiger partial charge is 0.277 e. The number of methoxy groups -OCH3 is 1. The molecular formula is C14H11FN2O2S2. The third kappa shape index (κ3) is 3.25. The van der Waals surface area contributed by atoms with Gasteiger partial charge in [0.1, 0.15) is 0 Å². The van der Waals surface area contributed by atoms with Crippen LogP contribution in [0.15, 0.2) is 45.4 Å². The molecule has 7 heteroatoms. The molecule has 0 N–H and O–H groups in total. The van der Waals surface area contributed by atoms with Crippen LogP contribution in [-0.2, 0) is 5.75 Å². The zero-order chi connectivity index (χ0) is 14.7. The van der Waals surface area contributed by atoms with Gasteiger partial charge in [-0.3, -0.25) is 0 Å². The summed E-state index contributed by atoms with van der Waals surface area (Å²) in [6, 6.07) is 8.71. The minimum Gasteiger partial charge on any atom is -0.494 e. The highest BCUT2D eigenvalue weighted by atomic mass is 32.2. The van der Waals surface area contributed by atoms with Crippen LogP contribution in [0.4, 0.5) is 4.39 Å². The van der Waals surface area contributed by atoms with Crippen LogP contribution >= 0.6 is 23.1 Å². The highest BCUT2D eigenvalue weighted by Gasteiger charge is 2.10. The van der Waals surface area contributed by atoms with Crippen molar-refractivity contribution in [3.05, 3.63) is 47.1 Å². The molecule has 0 aliphatic heterocycles. The lowest BCUT2D eigenvalue weighted by Crippen LogP contribution is -1.90. The molecule has 0 unspecified atom stereocenters. The summed E-state index contributed by atoms with van der Waals surface area (Å²) in [6.45, 7) is 0. The minimum atomic E-state index is -0.375. The first-order valence-corrected chi connectivity index (χ1v) is 7.95. The number of hydrogen-bond acceptors (Lipinski definition) is 6. The number of thioether (sulfide) groups is 1. The number of benzene rings is 1. The molecule has 108 valence electrons. The lowest BCUT2D eigenvalue weighted by molar-refractivity contribution is 0.386. The summed E-state index contributed by atoms with van der Waals surface area (Å²) in [5.41, 5.74) is 0.828. The lowest BCUT2D eigenvalue weighted by atomic mass is 10.2. The summed E-state index contributed by atoms with van der Waals surface area (Å²) in [5.74, 6) is 0.919. The molecule has 21 heavy (non-hydrogen) atoms. The summed E-state index contributed by atoms with van der Waals surface area (Å²) in [5, 5.41) is 10.4. The summed E-state index contributed by atoms with van der Waals surface area (Å²) in [6.07, 6.45) is 0. The second-order valence-corrected chi connectivity index (χ2v) is 5.98. The first-order chi connectivity index (χ1) is 10.3. The van der Waals surface area contributed by atoms with Gasteiger partial charge in [0.2, 0.25) is 0 Å². The van der Waals surface area contributed by atoms with Crippen molar-refractivity contribution in [2.45, 2.75) is 11.0 Å². The molecule has 0 aliphatic carbocycles. The maximum absolute atomic E-state index is 13.6. The molecule has 0 saturated carbocycles. The molecule has 2 aromatic heterocycles. The molecule has 0 aliphatic rings. The Hall–Kier alpha value is -1.86. The highest BCUT2D eigenvalue weighted by molar-refractivity contribution is 7.98. The van der Waals surface area contributed by atoms with Crippen molar-refractivity contribution < 1.29 is 13.5 Å². The number of nitrogens with zero attached hydrogens (tertiary/aromatic N) is 2. The quantitative estimate of drug-likeness (QED) is 0.658. The van der Waals surface area contributed by atoms with Crippen LogP contribution in [0.2, 0.25) is 0 Å². The fourth-order valence-corrected chi connectivity index (χ4v) is 3.06. The number of aromatic nitrogens is 2. The summed E-state index contributed by atoms with van der Waals surface area (Å²) in [4.78, 5) is 0.935.